The van der Waals surface area contributed by atoms with Gasteiger partial charge < -0.3 is 4.74 Å². The summed E-state index contributed by atoms with van der Waals surface area (Å²) in [5.74, 6) is -0.439. The molecule has 0 aromatic heterocycles. The van der Waals surface area contributed by atoms with E-state index < -0.39 is 21.1 Å². The zero-order valence-corrected chi connectivity index (χ0v) is 9.18. The summed E-state index contributed by atoms with van der Waals surface area (Å²) >= 11 is 0. The van der Waals surface area contributed by atoms with E-state index in [-0.39, 0.29) is 5.75 Å². The van der Waals surface area contributed by atoms with Crippen molar-refractivity contribution in [3.8, 4) is 0 Å². The van der Waals surface area contributed by atoms with Gasteiger partial charge in [-0.05, 0) is 19.3 Å². The van der Waals surface area contributed by atoms with E-state index >= 15 is 0 Å². The molecule has 0 aromatic carbocycles. The molecular formula is C9H16O4S. The summed E-state index contributed by atoms with van der Waals surface area (Å²) in [5.41, 5.74) is 0. The topological polar surface area (TPSA) is 60.4 Å². The molecule has 0 aliphatic carbocycles. The summed E-state index contributed by atoms with van der Waals surface area (Å²) < 4.78 is 27.8. The van der Waals surface area contributed by atoms with Gasteiger partial charge in [0.05, 0.1) is 12.4 Å². The first kappa shape index (κ1) is 11.5. The van der Waals surface area contributed by atoms with Crippen LogP contribution in [0, 0.1) is 0 Å². The normalized spacial score (nSPS) is 25.6. The minimum absolute atomic E-state index is 0.124. The Labute approximate surface area is 84.6 Å². The van der Waals surface area contributed by atoms with Gasteiger partial charge in [-0.1, -0.05) is 13.3 Å². The Hall–Kier alpha value is -0.580. The molecular weight excluding hydrogens is 204 g/mol. The predicted octanol–water partition coefficient (Wildman–Crippen LogP) is 0.907. The standard InChI is InChI=1S/C9H16O4S/c1-2-6-13-9(10)8-5-3-4-7-14(8,11)12/h8H,2-7H2,1H3. The lowest BCUT2D eigenvalue weighted by Crippen LogP contribution is -2.36. The van der Waals surface area contributed by atoms with Gasteiger partial charge in [0.1, 0.15) is 0 Å². The van der Waals surface area contributed by atoms with Crippen molar-refractivity contribution in [2.75, 3.05) is 12.4 Å². The first-order valence-electron chi connectivity index (χ1n) is 4.96. The fourth-order valence-corrected chi connectivity index (χ4v) is 3.29. The minimum atomic E-state index is -3.23. The molecule has 82 valence electrons. The highest BCUT2D eigenvalue weighted by Crippen LogP contribution is 2.20. The van der Waals surface area contributed by atoms with E-state index in [1.165, 1.54) is 0 Å². The number of hydrogen-bond acceptors (Lipinski definition) is 4. The van der Waals surface area contributed by atoms with Crippen LogP contribution in [0.25, 0.3) is 0 Å². The van der Waals surface area contributed by atoms with Crippen molar-refractivity contribution < 1.29 is 17.9 Å². The van der Waals surface area contributed by atoms with E-state index in [0.717, 1.165) is 12.8 Å². The van der Waals surface area contributed by atoms with Crippen LogP contribution in [0.2, 0.25) is 0 Å². The van der Waals surface area contributed by atoms with Crippen molar-refractivity contribution in [2.24, 2.45) is 0 Å². The van der Waals surface area contributed by atoms with Gasteiger partial charge in [0.2, 0.25) is 0 Å². The van der Waals surface area contributed by atoms with Crippen LogP contribution in [-0.2, 0) is 19.4 Å². The molecule has 5 heteroatoms. The molecule has 0 saturated carbocycles. The van der Waals surface area contributed by atoms with Crippen LogP contribution in [0.3, 0.4) is 0 Å². The number of hydrogen-bond donors (Lipinski definition) is 0. The number of esters is 1. The maximum Gasteiger partial charge on any atom is 0.324 e. The molecule has 0 bridgehead atoms. The molecule has 0 radical (unpaired) electrons. The van der Waals surface area contributed by atoms with E-state index in [1.807, 2.05) is 6.92 Å². The Morgan fingerprint density at radius 1 is 1.43 bits per heavy atom. The second kappa shape index (κ2) is 4.77. The van der Waals surface area contributed by atoms with Crippen LogP contribution < -0.4 is 0 Å². The number of carbonyl (C=O) groups is 1. The van der Waals surface area contributed by atoms with E-state index in [2.05, 4.69) is 0 Å². The zero-order chi connectivity index (χ0) is 10.6. The fraction of sp³-hybridized carbons (Fsp3) is 0.889. The second-order valence-electron chi connectivity index (χ2n) is 3.52. The Morgan fingerprint density at radius 2 is 2.14 bits per heavy atom. The fourth-order valence-electron chi connectivity index (χ4n) is 1.51. The van der Waals surface area contributed by atoms with Gasteiger partial charge >= 0.3 is 5.97 Å². The lowest BCUT2D eigenvalue weighted by molar-refractivity contribution is -0.143. The molecule has 1 aliphatic rings. The summed E-state index contributed by atoms with van der Waals surface area (Å²) in [4.78, 5) is 11.4. The van der Waals surface area contributed by atoms with Crippen molar-refractivity contribution in [2.45, 2.75) is 37.9 Å². The Balaban J connectivity index is 2.61. The monoisotopic (exact) mass is 220 g/mol. The Kier molecular flexibility index (Phi) is 3.92. The van der Waals surface area contributed by atoms with Crippen molar-refractivity contribution in [1.29, 1.82) is 0 Å². The van der Waals surface area contributed by atoms with Gasteiger partial charge in [-0.25, -0.2) is 8.42 Å². The third kappa shape index (κ3) is 2.70. The summed E-state index contributed by atoms with van der Waals surface area (Å²) in [6.07, 6.45) is 2.61. The maximum absolute atomic E-state index is 11.5. The molecule has 1 atom stereocenters. The van der Waals surface area contributed by atoms with E-state index in [9.17, 15) is 13.2 Å². The third-order valence-corrected chi connectivity index (χ3v) is 4.44. The molecule has 1 saturated heterocycles. The smallest absolute Gasteiger partial charge is 0.324 e. The summed E-state index contributed by atoms with van der Waals surface area (Å²) in [6, 6.07) is 0. The van der Waals surface area contributed by atoms with Crippen LogP contribution in [0.1, 0.15) is 32.6 Å². The Morgan fingerprint density at radius 3 is 2.71 bits per heavy atom. The van der Waals surface area contributed by atoms with Gasteiger partial charge in [-0.3, -0.25) is 4.79 Å². The van der Waals surface area contributed by atoms with Crippen LogP contribution in [0.5, 0.6) is 0 Å². The van der Waals surface area contributed by atoms with E-state index in [1.54, 1.807) is 0 Å². The van der Waals surface area contributed by atoms with Crippen LogP contribution in [-0.4, -0.2) is 32.0 Å². The number of ether oxygens (including phenoxy) is 1. The van der Waals surface area contributed by atoms with Gasteiger partial charge in [0.25, 0.3) is 0 Å². The highest BCUT2D eigenvalue weighted by molar-refractivity contribution is 7.92. The molecule has 0 aromatic rings. The summed E-state index contributed by atoms with van der Waals surface area (Å²) in [7, 11) is -3.23. The number of sulfone groups is 1. The highest BCUT2D eigenvalue weighted by Gasteiger charge is 2.35. The molecule has 0 amide bonds. The summed E-state index contributed by atoms with van der Waals surface area (Å²) in [6.45, 7) is 2.19. The first-order valence-corrected chi connectivity index (χ1v) is 6.67. The average Bonchev–Trinajstić information content (AvgIpc) is 2.13. The van der Waals surface area contributed by atoms with Gasteiger partial charge in [-0.15, -0.1) is 0 Å². The second-order valence-corrected chi connectivity index (χ2v) is 5.82. The molecule has 1 heterocycles. The van der Waals surface area contributed by atoms with Crippen molar-refractivity contribution >= 4 is 15.8 Å². The molecule has 1 rings (SSSR count). The Bertz CT molecular complexity index is 294. The van der Waals surface area contributed by atoms with Gasteiger partial charge in [-0.2, -0.15) is 0 Å². The van der Waals surface area contributed by atoms with Gasteiger partial charge in [0, 0.05) is 0 Å². The lowest BCUT2D eigenvalue weighted by Gasteiger charge is -2.20. The first-order chi connectivity index (χ1) is 6.58. The zero-order valence-electron chi connectivity index (χ0n) is 8.36. The highest BCUT2D eigenvalue weighted by atomic mass is 32.2. The maximum atomic E-state index is 11.5. The van der Waals surface area contributed by atoms with Crippen molar-refractivity contribution in [1.82, 2.24) is 0 Å². The molecule has 0 spiro atoms. The van der Waals surface area contributed by atoms with Crippen LogP contribution >= 0.6 is 0 Å². The van der Waals surface area contributed by atoms with E-state index in [0.29, 0.717) is 19.4 Å². The molecule has 0 N–H and O–H groups in total. The average molecular weight is 220 g/mol. The lowest BCUT2D eigenvalue weighted by atomic mass is 10.2. The SMILES string of the molecule is CCCOC(=O)C1CCCCS1(=O)=O. The largest absolute Gasteiger partial charge is 0.465 e. The number of carbonyl (C=O) groups excluding carboxylic acids is 1. The molecule has 4 nitrogen and oxygen atoms in total. The number of rotatable bonds is 3. The summed E-state index contributed by atoms with van der Waals surface area (Å²) in [5, 5.41) is -0.900. The molecule has 14 heavy (non-hydrogen) atoms. The molecule has 1 aliphatic heterocycles. The van der Waals surface area contributed by atoms with Crippen LogP contribution in [0.4, 0.5) is 0 Å². The minimum Gasteiger partial charge on any atom is -0.465 e. The molecule has 1 unspecified atom stereocenters. The van der Waals surface area contributed by atoms with E-state index in [4.69, 9.17) is 4.74 Å². The van der Waals surface area contributed by atoms with Crippen LogP contribution in [0.15, 0.2) is 0 Å². The quantitative estimate of drug-likeness (QED) is 0.663. The van der Waals surface area contributed by atoms with Crippen molar-refractivity contribution in [3.05, 3.63) is 0 Å². The third-order valence-electron chi connectivity index (χ3n) is 2.29. The van der Waals surface area contributed by atoms with Crippen molar-refractivity contribution in [3.63, 3.8) is 0 Å². The predicted molar refractivity (Wildman–Crippen MR) is 52.7 cm³/mol. The molecule has 1 fully saturated rings. The van der Waals surface area contributed by atoms with Gasteiger partial charge in [0.15, 0.2) is 15.1 Å².